The molecule has 3 unspecified atom stereocenters. The lowest BCUT2D eigenvalue weighted by atomic mass is 9.88. The number of aliphatic hydroxyl groups is 1. The minimum Gasteiger partial charge on any atom is -0.491 e. The molecule has 2 aromatic rings. The number of nitrogens with zero attached hydrogens (tertiary/aromatic N) is 5. The second kappa shape index (κ2) is 13.4. The van der Waals surface area contributed by atoms with E-state index in [0.29, 0.717) is 30.7 Å². The van der Waals surface area contributed by atoms with E-state index >= 15 is 0 Å². The highest BCUT2D eigenvalue weighted by Crippen LogP contribution is 2.34. The molecule has 0 spiro atoms. The van der Waals surface area contributed by atoms with Crippen molar-refractivity contribution in [3.8, 4) is 17.1 Å². The van der Waals surface area contributed by atoms with Gasteiger partial charge in [0.1, 0.15) is 24.3 Å². The maximum Gasteiger partial charge on any atom is 0.319 e. The van der Waals surface area contributed by atoms with Gasteiger partial charge in [-0.05, 0) is 51.8 Å². The number of likely N-dealkylation sites (tertiary alicyclic amines) is 1. The molecule has 2 aliphatic heterocycles. The normalized spacial score (nSPS) is 20.9. The van der Waals surface area contributed by atoms with Crippen LogP contribution in [-0.4, -0.2) is 110 Å². The largest absolute Gasteiger partial charge is 0.491 e. The van der Waals surface area contributed by atoms with Crippen LogP contribution in [0.2, 0.25) is 0 Å². The molecule has 2 N–H and O–H groups in total. The number of aromatic nitrogens is 2. The number of hydrogen-bond donors (Lipinski definition) is 2. The Bertz CT molecular complexity index is 1090. The average molecular weight is 541 g/mol. The molecule has 1 aromatic heterocycles. The van der Waals surface area contributed by atoms with Crippen molar-refractivity contribution < 1.29 is 19.4 Å². The number of hydrogen-bond acceptors (Lipinski definition) is 8. The first-order valence-corrected chi connectivity index (χ1v) is 14.0. The number of aliphatic hydroxyl groups excluding tert-OH is 1. The van der Waals surface area contributed by atoms with E-state index in [0.717, 1.165) is 56.0 Å². The van der Waals surface area contributed by atoms with Crippen molar-refractivity contribution in [2.75, 3.05) is 66.0 Å². The van der Waals surface area contributed by atoms with Gasteiger partial charge in [0, 0.05) is 82.8 Å². The van der Waals surface area contributed by atoms with Gasteiger partial charge in [0.15, 0.2) is 5.82 Å². The predicted molar refractivity (Wildman–Crippen MR) is 152 cm³/mol. The summed E-state index contributed by atoms with van der Waals surface area (Å²) in [7, 11) is 7.51. The Labute approximate surface area is 232 Å². The van der Waals surface area contributed by atoms with Crippen LogP contribution in [0, 0.1) is 0 Å². The first kappa shape index (κ1) is 29.0. The number of carbonyl (C=O) groups is 1. The number of nitrogens with one attached hydrogen (secondary N) is 1. The summed E-state index contributed by atoms with van der Waals surface area (Å²) in [5, 5.41) is 13.0. The van der Waals surface area contributed by atoms with Gasteiger partial charge in [-0.25, -0.2) is 14.8 Å². The molecule has 3 heterocycles. The third-order valence-electron chi connectivity index (χ3n) is 7.73. The number of benzene rings is 1. The van der Waals surface area contributed by atoms with Crippen molar-refractivity contribution in [1.29, 1.82) is 0 Å². The standard InChI is InChI=1S/C29H44N6O4/c1-20-15-21(9-12-35(20)29(37)33(3)4)26-17-27(34(5)23-10-13-38-14-11-23)32-28(31-26)22-7-6-8-25(16-22)39-19-24(36)18-30-2/h6-8,16-17,20-21,23-24,30,36H,9-15,18-19H2,1-5H3. The van der Waals surface area contributed by atoms with Crippen molar-refractivity contribution >= 4 is 11.8 Å². The molecule has 0 aliphatic carbocycles. The van der Waals surface area contributed by atoms with Crippen LogP contribution in [-0.2, 0) is 4.74 Å². The zero-order valence-corrected chi connectivity index (χ0v) is 24.0. The fraction of sp³-hybridized carbons (Fsp3) is 0.621. The number of carbonyl (C=O) groups excluding carboxylic acids is 1. The Hall–Kier alpha value is -2.95. The summed E-state index contributed by atoms with van der Waals surface area (Å²) in [6, 6.07) is 10.4. The summed E-state index contributed by atoms with van der Waals surface area (Å²) in [5.74, 6) is 2.45. The lowest BCUT2D eigenvalue weighted by molar-refractivity contribution is 0.0853. The molecule has 0 saturated carbocycles. The lowest BCUT2D eigenvalue weighted by Crippen LogP contribution is -2.48. The van der Waals surface area contributed by atoms with Crippen LogP contribution in [0.1, 0.15) is 44.2 Å². The van der Waals surface area contributed by atoms with E-state index in [1.165, 1.54) is 0 Å². The van der Waals surface area contributed by atoms with E-state index in [1.807, 2.05) is 29.2 Å². The smallest absolute Gasteiger partial charge is 0.319 e. The van der Waals surface area contributed by atoms with Crippen LogP contribution in [0.3, 0.4) is 0 Å². The number of urea groups is 1. The third-order valence-corrected chi connectivity index (χ3v) is 7.73. The lowest BCUT2D eigenvalue weighted by Gasteiger charge is -2.39. The molecular weight excluding hydrogens is 496 g/mol. The molecule has 4 rings (SSSR count). The minimum absolute atomic E-state index is 0.0564. The van der Waals surface area contributed by atoms with E-state index in [-0.39, 0.29) is 24.6 Å². The molecule has 39 heavy (non-hydrogen) atoms. The van der Waals surface area contributed by atoms with Crippen molar-refractivity contribution in [1.82, 2.24) is 25.1 Å². The fourth-order valence-corrected chi connectivity index (χ4v) is 5.42. The first-order valence-electron chi connectivity index (χ1n) is 14.0. The molecule has 1 aromatic carbocycles. The summed E-state index contributed by atoms with van der Waals surface area (Å²) >= 11 is 0. The molecule has 2 amide bonds. The number of piperidine rings is 1. The van der Waals surface area contributed by atoms with Gasteiger partial charge in [0.25, 0.3) is 0 Å². The fourth-order valence-electron chi connectivity index (χ4n) is 5.42. The third kappa shape index (κ3) is 7.38. The molecule has 10 nitrogen and oxygen atoms in total. The van der Waals surface area contributed by atoms with E-state index in [2.05, 4.69) is 30.3 Å². The summed E-state index contributed by atoms with van der Waals surface area (Å²) < 4.78 is 11.5. The van der Waals surface area contributed by atoms with Gasteiger partial charge in [0.2, 0.25) is 0 Å². The zero-order valence-electron chi connectivity index (χ0n) is 24.0. The van der Waals surface area contributed by atoms with Gasteiger partial charge in [-0.15, -0.1) is 0 Å². The minimum atomic E-state index is -0.592. The molecule has 0 radical (unpaired) electrons. The zero-order chi connectivity index (χ0) is 27.9. The Morgan fingerprint density at radius 2 is 1.97 bits per heavy atom. The van der Waals surface area contributed by atoms with Crippen LogP contribution in [0.25, 0.3) is 11.4 Å². The molecule has 2 saturated heterocycles. The van der Waals surface area contributed by atoms with Crippen molar-refractivity contribution in [2.24, 2.45) is 0 Å². The van der Waals surface area contributed by atoms with Gasteiger partial charge >= 0.3 is 6.03 Å². The molecule has 214 valence electrons. The van der Waals surface area contributed by atoms with Crippen LogP contribution in [0.4, 0.5) is 10.6 Å². The Balaban J connectivity index is 1.62. The van der Waals surface area contributed by atoms with Crippen molar-refractivity contribution in [3.63, 3.8) is 0 Å². The molecule has 2 aliphatic rings. The first-order chi connectivity index (χ1) is 18.8. The highest BCUT2D eigenvalue weighted by Gasteiger charge is 2.32. The van der Waals surface area contributed by atoms with Crippen LogP contribution >= 0.6 is 0 Å². The topological polar surface area (TPSA) is 103 Å². The average Bonchev–Trinajstić information content (AvgIpc) is 2.95. The van der Waals surface area contributed by atoms with E-state index in [4.69, 9.17) is 19.4 Å². The molecule has 10 heteroatoms. The maximum atomic E-state index is 12.7. The number of amides is 2. The summed E-state index contributed by atoms with van der Waals surface area (Å²) in [5.41, 5.74) is 1.88. The Morgan fingerprint density at radius 3 is 2.67 bits per heavy atom. The molecule has 3 atom stereocenters. The maximum absolute atomic E-state index is 12.7. The second-order valence-electron chi connectivity index (χ2n) is 10.9. The quantitative estimate of drug-likeness (QED) is 0.501. The molecule has 2 fully saturated rings. The van der Waals surface area contributed by atoms with Gasteiger partial charge < -0.3 is 34.6 Å². The van der Waals surface area contributed by atoms with Gasteiger partial charge in [-0.2, -0.15) is 0 Å². The van der Waals surface area contributed by atoms with E-state index in [1.54, 1.807) is 26.0 Å². The summed E-state index contributed by atoms with van der Waals surface area (Å²) in [4.78, 5) is 28.6. The Morgan fingerprint density at radius 1 is 1.21 bits per heavy atom. The Kier molecular flexibility index (Phi) is 9.99. The molecular formula is C29H44N6O4. The number of ether oxygens (including phenoxy) is 2. The van der Waals surface area contributed by atoms with Crippen LogP contribution in [0.15, 0.2) is 30.3 Å². The van der Waals surface area contributed by atoms with E-state index in [9.17, 15) is 9.90 Å². The summed E-state index contributed by atoms with van der Waals surface area (Å²) in [6.45, 7) is 5.00. The highest BCUT2D eigenvalue weighted by atomic mass is 16.5. The van der Waals surface area contributed by atoms with Gasteiger partial charge in [-0.3, -0.25) is 0 Å². The molecule has 0 bridgehead atoms. The summed E-state index contributed by atoms with van der Waals surface area (Å²) in [6.07, 6.45) is 3.04. The van der Waals surface area contributed by atoms with Gasteiger partial charge in [0.05, 0.1) is 0 Å². The second-order valence-corrected chi connectivity index (χ2v) is 10.9. The van der Waals surface area contributed by atoms with Gasteiger partial charge in [-0.1, -0.05) is 12.1 Å². The van der Waals surface area contributed by atoms with Crippen molar-refractivity contribution in [3.05, 3.63) is 36.0 Å². The highest BCUT2D eigenvalue weighted by molar-refractivity contribution is 5.74. The number of likely N-dealkylation sites (N-methyl/N-ethyl adjacent to an activating group) is 1. The van der Waals surface area contributed by atoms with Crippen LogP contribution < -0.4 is 15.0 Å². The monoisotopic (exact) mass is 540 g/mol. The number of rotatable bonds is 9. The predicted octanol–water partition coefficient (Wildman–Crippen LogP) is 2.97. The number of anilines is 1. The van der Waals surface area contributed by atoms with Crippen molar-refractivity contribution in [2.45, 2.75) is 56.7 Å². The SMILES string of the molecule is CNCC(O)COc1cccc(-c2nc(C3CCN(C(=O)N(C)C)C(C)C3)cc(N(C)C3CCOCC3)n2)c1. The van der Waals surface area contributed by atoms with E-state index < -0.39 is 6.10 Å². The van der Waals surface area contributed by atoms with Crippen LogP contribution in [0.5, 0.6) is 5.75 Å².